The lowest BCUT2D eigenvalue weighted by atomic mass is 10.0. The molecular formula is C21H25ClN4O. The Morgan fingerprint density at radius 3 is 2.41 bits per heavy atom. The van der Waals surface area contributed by atoms with Crippen molar-refractivity contribution in [1.82, 2.24) is 9.78 Å². The third-order valence-electron chi connectivity index (χ3n) is 4.22. The van der Waals surface area contributed by atoms with Crippen molar-refractivity contribution >= 4 is 29.3 Å². The summed E-state index contributed by atoms with van der Waals surface area (Å²) in [6.45, 7) is 12.5. The minimum atomic E-state index is -0.459. The second-order valence-electron chi connectivity index (χ2n) is 7.26. The Labute approximate surface area is 165 Å². The molecule has 0 unspecified atom stereocenters. The zero-order chi connectivity index (χ0) is 20.3. The fourth-order valence-corrected chi connectivity index (χ4v) is 3.35. The summed E-state index contributed by atoms with van der Waals surface area (Å²) >= 11 is 6.42. The molecule has 0 bridgehead atoms. The van der Waals surface area contributed by atoms with Gasteiger partial charge in [0, 0.05) is 17.8 Å². The molecule has 0 aliphatic rings. The summed E-state index contributed by atoms with van der Waals surface area (Å²) in [5.41, 5.74) is 5.03. The molecule has 2 rings (SSSR count). The van der Waals surface area contributed by atoms with Gasteiger partial charge in [0.05, 0.1) is 5.69 Å². The van der Waals surface area contributed by atoms with Crippen LogP contribution in [0.1, 0.15) is 41.8 Å². The summed E-state index contributed by atoms with van der Waals surface area (Å²) in [4.78, 5) is 12.7. The average molecular weight is 385 g/mol. The highest BCUT2D eigenvalue weighted by atomic mass is 35.5. The van der Waals surface area contributed by atoms with E-state index in [1.165, 1.54) is 6.08 Å². The van der Waals surface area contributed by atoms with Gasteiger partial charge < -0.3 is 5.32 Å². The molecule has 0 saturated heterocycles. The highest BCUT2D eigenvalue weighted by molar-refractivity contribution is 6.31. The molecule has 0 atom stereocenters. The molecule has 2 aromatic rings. The Morgan fingerprint density at radius 2 is 1.89 bits per heavy atom. The highest BCUT2D eigenvalue weighted by Gasteiger charge is 2.17. The van der Waals surface area contributed by atoms with Gasteiger partial charge in [-0.15, -0.1) is 0 Å². The van der Waals surface area contributed by atoms with E-state index in [2.05, 4.69) is 24.3 Å². The molecular weight excluding hydrogens is 360 g/mol. The number of aromatic nitrogens is 2. The minimum absolute atomic E-state index is 0.0107. The largest absolute Gasteiger partial charge is 0.321 e. The summed E-state index contributed by atoms with van der Waals surface area (Å²) < 4.78 is 1.70. The number of hydrogen-bond donors (Lipinski definition) is 1. The molecule has 142 valence electrons. The quantitative estimate of drug-likeness (QED) is 0.584. The van der Waals surface area contributed by atoms with Crippen molar-refractivity contribution in [3.8, 4) is 6.07 Å². The predicted molar refractivity (Wildman–Crippen MR) is 110 cm³/mol. The van der Waals surface area contributed by atoms with Gasteiger partial charge >= 0.3 is 0 Å². The van der Waals surface area contributed by atoms with Crippen molar-refractivity contribution in [3.63, 3.8) is 0 Å². The van der Waals surface area contributed by atoms with Gasteiger partial charge in [0.1, 0.15) is 16.8 Å². The number of benzene rings is 1. The van der Waals surface area contributed by atoms with Crippen LogP contribution in [-0.4, -0.2) is 15.7 Å². The first-order valence-corrected chi connectivity index (χ1v) is 9.25. The molecule has 0 spiro atoms. The first-order chi connectivity index (χ1) is 12.6. The number of aryl methyl sites for hydroxylation is 4. The van der Waals surface area contributed by atoms with Gasteiger partial charge in [-0.2, -0.15) is 10.4 Å². The van der Waals surface area contributed by atoms with E-state index in [0.717, 1.165) is 22.4 Å². The first kappa shape index (κ1) is 20.7. The van der Waals surface area contributed by atoms with Gasteiger partial charge in [-0.1, -0.05) is 43.1 Å². The lowest BCUT2D eigenvalue weighted by molar-refractivity contribution is -0.112. The minimum Gasteiger partial charge on any atom is -0.321 e. The average Bonchev–Trinajstić information content (AvgIpc) is 2.81. The molecule has 1 N–H and O–H groups in total. The SMILES string of the molecule is Cc1cc(C)c(NC(=O)/C(C#N)=C/c2c(C)nn(CC(C)C)c2Cl)c(C)c1. The summed E-state index contributed by atoms with van der Waals surface area (Å²) in [7, 11) is 0. The topological polar surface area (TPSA) is 70.7 Å². The maximum atomic E-state index is 12.7. The molecule has 1 heterocycles. The number of rotatable bonds is 5. The summed E-state index contributed by atoms with van der Waals surface area (Å²) in [5.74, 6) is -0.0792. The van der Waals surface area contributed by atoms with Gasteiger partial charge in [0.2, 0.25) is 0 Å². The van der Waals surface area contributed by atoms with E-state index in [-0.39, 0.29) is 5.57 Å². The highest BCUT2D eigenvalue weighted by Crippen LogP contribution is 2.25. The number of amides is 1. The lowest BCUT2D eigenvalue weighted by Gasteiger charge is -2.12. The number of nitrogens with zero attached hydrogens (tertiary/aromatic N) is 3. The third kappa shape index (κ3) is 4.78. The van der Waals surface area contributed by atoms with E-state index in [4.69, 9.17) is 11.6 Å². The molecule has 0 radical (unpaired) electrons. The molecule has 0 aliphatic carbocycles. The molecule has 0 aliphatic heterocycles. The second-order valence-corrected chi connectivity index (χ2v) is 7.62. The van der Waals surface area contributed by atoms with Crippen molar-refractivity contribution in [1.29, 1.82) is 5.26 Å². The second kappa shape index (κ2) is 8.41. The monoisotopic (exact) mass is 384 g/mol. The van der Waals surface area contributed by atoms with Gasteiger partial charge in [0.25, 0.3) is 5.91 Å². The van der Waals surface area contributed by atoms with Crippen LogP contribution in [0, 0.1) is 44.9 Å². The summed E-state index contributed by atoms with van der Waals surface area (Å²) in [5, 5.41) is 17.2. The Kier molecular flexibility index (Phi) is 6.45. The van der Waals surface area contributed by atoms with Gasteiger partial charge in [-0.05, 0) is 50.8 Å². The van der Waals surface area contributed by atoms with Gasteiger partial charge in [-0.25, -0.2) is 0 Å². The smallest absolute Gasteiger partial charge is 0.266 e. The molecule has 1 amide bonds. The van der Waals surface area contributed by atoms with Crippen LogP contribution < -0.4 is 5.32 Å². The summed E-state index contributed by atoms with van der Waals surface area (Å²) in [6.07, 6.45) is 1.51. The fraction of sp³-hybridized carbons (Fsp3) is 0.381. The zero-order valence-corrected chi connectivity index (χ0v) is 17.4. The van der Waals surface area contributed by atoms with Crippen molar-refractivity contribution < 1.29 is 4.79 Å². The van der Waals surface area contributed by atoms with E-state index in [9.17, 15) is 10.1 Å². The van der Waals surface area contributed by atoms with Crippen LogP contribution in [0.4, 0.5) is 5.69 Å². The lowest BCUT2D eigenvalue weighted by Crippen LogP contribution is -2.15. The predicted octanol–water partition coefficient (Wildman–Crippen LogP) is 4.97. The van der Waals surface area contributed by atoms with E-state index in [1.807, 2.05) is 45.9 Å². The number of carbonyl (C=O) groups excluding carboxylic acids is 1. The van der Waals surface area contributed by atoms with Crippen LogP contribution in [0.5, 0.6) is 0 Å². The van der Waals surface area contributed by atoms with Crippen LogP contribution in [0.25, 0.3) is 6.08 Å². The van der Waals surface area contributed by atoms with Crippen LogP contribution in [0.3, 0.4) is 0 Å². The van der Waals surface area contributed by atoms with Gasteiger partial charge in [-0.3, -0.25) is 9.48 Å². The van der Waals surface area contributed by atoms with Crippen LogP contribution in [0.15, 0.2) is 17.7 Å². The van der Waals surface area contributed by atoms with Crippen LogP contribution in [0.2, 0.25) is 5.15 Å². The van der Waals surface area contributed by atoms with E-state index in [1.54, 1.807) is 4.68 Å². The number of anilines is 1. The molecule has 27 heavy (non-hydrogen) atoms. The maximum absolute atomic E-state index is 12.7. The molecule has 1 aromatic carbocycles. The van der Waals surface area contributed by atoms with Crippen molar-refractivity contribution in [2.45, 2.75) is 48.1 Å². The van der Waals surface area contributed by atoms with E-state index in [0.29, 0.717) is 28.9 Å². The Hall–Kier alpha value is -2.58. The molecule has 5 nitrogen and oxygen atoms in total. The Bertz CT molecular complexity index is 925. The third-order valence-corrected chi connectivity index (χ3v) is 4.62. The van der Waals surface area contributed by atoms with Crippen LogP contribution in [-0.2, 0) is 11.3 Å². The van der Waals surface area contributed by atoms with Gasteiger partial charge in [0.15, 0.2) is 0 Å². The van der Waals surface area contributed by atoms with Crippen molar-refractivity contribution in [3.05, 3.63) is 50.8 Å². The number of halogens is 1. The molecule has 0 fully saturated rings. The number of hydrogen-bond acceptors (Lipinski definition) is 3. The van der Waals surface area contributed by atoms with Crippen LogP contribution >= 0.6 is 11.6 Å². The van der Waals surface area contributed by atoms with E-state index < -0.39 is 5.91 Å². The Balaban J connectivity index is 2.36. The standard InChI is InChI=1S/C21H25ClN4O/c1-12(2)11-26-20(22)18(16(6)25-26)9-17(10-23)21(27)24-19-14(4)7-13(3)8-15(19)5/h7-9,12H,11H2,1-6H3,(H,24,27)/b17-9+. The maximum Gasteiger partial charge on any atom is 0.266 e. The molecule has 1 aromatic heterocycles. The van der Waals surface area contributed by atoms with E-state index >= 15 is 0 Å². The normalized spacial score (nSPS) is 11.6. The molecule has 0 saturated carbocycles. The fourth-order valence-electron chi connectivity index (χ4n) is 3.05. The zero-order valence-electron chi connectivity index (χ0n) is 16.6. The number of carbonyl (C=O) groups is 1. The Morgan fingerprint density at radius 1 is 1.30 bits per heavy atom. The molecule has 6 heteroatoms. The first-order valence-electron chi connectivity index (χ1n) is 8.88. The summed E-state index contributed by atoms with van der Waals surface area (Å²) in [6, 6.07) is 5.97. The number of nitriles is 1. The van der Waals surface area contributed by atoms with Crippen molar-refractivity contribution in [2.24, 2.45) is 5.92 Å². The number of nitrogens with one attached hydrogen (secondary N) is 1. The van der Waals surface area contributed by atoms with Crippen molar-refractivity contribution in [2.75, 3.05) is 5.32 Å².